The van der Waals surface area contributed by atoms with Crippen molar-refractivity contribution in [2.24, 2.45) is 0 Å². The van der Waals surface area contributed by atoms with Crippen molar-refractivity contribution in [3.05, 3.63) is 21.4 Å². The highest BCUT2D eigenvalue weighted by Crippen LogP contribution is 2.26. The Labute approximate surface area is 106 Å². The predicted molar refractivity (Wildman–Crippen MR) is 70.9 cm³/mol. The predicted octanol–water partition coefficient (Wildman–Crippen LogP) is 0.437. The maximum atomic E-state index is 11.4. The van der Waals surface area contributed by atoms with Crippen LogP contribution in [0.4, 0.5) is 0 Å². The van der Waals surface area contributed by atoms with Gasteiger partial charge in [0.1, 0.15) is 0 Å². The molecule has 0 aromatic heterocycles. The van der Waals surface area contributed by atoms with E-state index in [2.05, 4.69) is 0 Å². The van der Waals surface area contributed by atoms with Crippen LogP contribution < -0.4 is 0 Å². The van der Waals surface area contributed by atoms with Crippen LogP contribution in [-0.4, -0.2) is 53.6 Å². The number of thioether (sulfide) groups is 1. The van der Waals surface area contributed by atoms with Crippen LogP contribution in [-0.2, 0) is 19.7 Å². The van der Waals surface area contributed by atoms with E-state index in [4.69, 9.17) is 0 Å². The van der Waals surface area contributed by atoms with E-state index in [0.29, 0.717) is 0 Å². The Kier molecular flexibility index (Phi) is 4.32. The Balaban J connectivity index is 3.18. The van der Waals surface area contributed by atoms with E-state index in [1.165, 1.54) is 6.08 Å². The molecule has 0 spiro atoms. The third-order valence-corrected chi connectivity index (χ3v) is 6.83. The second-order valence-corrected chi connectivity index (χ2v) is 9.15. The Bertz CT molecular complexity index is 523. The molecule has 1 fully saturated rings. The number of hydrogen-bond donors (Lipinski definition) is 0. The zero-order valence-corrected chi connectivity index (χ0v) is 12.3. The van der Waals surface area contributed by atoms with E-state index in [1.807, 2.05) is 11.9 Å². The van der Waals surface area contributed by atoms with Gasteiger partial charge in [0.2, 0.25) is 0 Å². The lowest BCUT2D eigenvalue weighted by Gasteiger charge is -2.10. The molecule has 0 radical (unpaired) electrons. The summed E-state index contributed by atoms with van der Waals surface area (Å²) in [6.45, 7) is 0.872. The third kappa shape index (κ3) is 4.04. The highest BCUT2D eigenvalue weighted by molar-refractivity contribution is 8.13. The summed E-state index contributed by atoms with van der Waals surface area (Å²) in [6, 6.07) is 0. The minimum absolute atomic E-state index is 0.543. The van der Waals surface area contributed by atoms with Crippen molar-refractivity contribution in [3.63, 3.8) is 0 Å². The quantitative estimate of drug-likeness (QED) is 0.752. The highest BCUT2D eigenvalue weighted by Gasteiger charge is 2.22. The van der Waals surface area contributed by atoms with Crippen molar-refractivity contribution in [3.8, 4) is 0 Å². The number of nitrogens with zero attached hydrogens (tertiary/aromatic N) is 1. The average molecular weight is 297 g/mol. The fraction of sp³-hybridized carbons (Fsp3) is 0.556. The van der Waals surface area contributed by atoms with Crippen molar-refractivity contribution >= 4 is 31.4 Å². The average Bonchev–Trinajstić information content (AvgIpc) is 2.47. The second-order valence-electron chi connectivity index (χ2n) is 3.80. The summed E-state index contributed by atoms with van der Waals surface area (Å²) in [7, 11) is -5.59. The van der Waals surface area contributed by atoms with Crippen LogP contribution in [0.1, 0.15) is 0 Å². The molecule has 0 amide bonds. The topological polar surface area (TPSA) is 71.5 Å². The zero-order valence-electron chi connectivity index (χ0n) is 9.87. The van der Waals surface area contributed by atoms with E-state index in [1.54, 1.807) is 11.8 Å². The molecule has 0 aliphatic carbocycles. The van der Waals surface area contributed by atoms with Crippen LogP contribution in [0.15, 0.2) is 21.4 Å². The standard InChI is InChI=1S/C9H15NO4S3/c1-10-6-7-15-8(10)4-5-9(16(2,11)12)17(3,13)14/h4-5H,6-7H2,1-3H3. The third-order valence-electron chi connectivity index (χ3n) is 2.15. The molecule has 1 aliphatic heterocycles. The lowest BCUT2D eigenvalue weighted by molar-refractivity contribution is 0.493. The van der Waals surface area contributed by atoms with Gasteiger partial charge in [-0.3, -0.25) is 0 Å². The minimum Gasteiger partial charge on any atom is -0.369 e. The Morgan fingerprint density at radius 1 is 1.24 bits per heavy atom. The van der Waals surface area contributed by atoms with Crippen LogP contribution in [0.3, 0.4) is 0 Å². The molecule has 0 N–H and O–H groups in total. The van der Waals surface area contributed by atoms with Gasteiger partial charge in [-0.1, -0.05) is 0 Å². The molecule has 0 bridgehead atoms. The number of hydrogen-bond acceptors (Lipinski definition) is 6. The highest BCUT2D eigenvalue weighted by atomic mass is 32.3. The molecule has 1 saturated heterocycles. The van der Waals surface area contributed by atoms with E-state index >= 15 is 0 Å². The van der Waals surface area contributed by atoms with E-state index in [9.17, 15) is 16.8 Å². The van der Waals surface area contributed by atoms with Crippen molar-refractivity contribution < 1.29 is 16.8 Å². The van der Waals surface area contributed by atoms with Gasteiger partial charge in [0.15, 0.2) is 23.9 Å². The van der Waals surface area contributed by atoms with Crippen LogP contribution in [0, 0.1) is 0 Å². The molecule has 17 heavy (non-hydrogen) atoms. The molecule has 0 aromatic carbocycles. The van der Waals surface area contributed by atoms with Gasteiger partial charge < -0.3 is 4.90 Å². The molecule has 8 heteroatoms. The van der Waals surface area contributed by atoms with Crippen LogP contribution in [0.5, 0.6) is 0 Å². The van der Waals surface area contributed by atoms with Gasteiger partial charge in [0.25, 0.3) is 0 Å². The van der Waals surface area contributed by atoms with E-state index in [-0.39, 0.29) is 0 Å². The summed E-state index contributed by atoms with van der Waals surface area (Å²) in [4.78, 5) is 1.95. The van der Waals surface area contributed by atoms with Gasteiger partial charge in [-0.25, -0.2) is 16.8 Å². The molecule has 5 nitrogen and oxygen atoms in total. The van der Waals surface area contributed by atoms with Crippen molar-refractivity contribution in [2.45, 2.75) is 0 Å². The first-order chi connectivity index (χ1) is 7.62. The van der Waals surface area contributed by atoms with Crippen molar-refractivity contribution in [1.29, 1.82) is 0 Å². The summed E-state index contributed by atoms with van der Waals surface area (Å²) in [5, 5.41) is 0.870. The first kappa shape index (κ1) is 14.6. The lowest BCUT2D eigenvalue weighted by Crippen LogP contribution is -2.12. The molecular weight excluding hydrogens is 282 g/mol. The maximum absolute atomic E-state index is 11.4. The van der Waals surface area contributed by atoms with Gasteiger partial charge in [-0.2, -0.15) is 0 Å². The minimum atomic E-state index is -3.73. The Morgan fingerprint density at radius 2 is 1.76 bits per heavy atom. The molecule has 0 aromatic rings. The van der Waals surface area contributed by atoms with Crippen molar-refractivity contribution in [2.75, 3.05) is 31.9 Å². The summed E-state index contributed by atoms with van der Waals surface area (Å²) in [5.74, 6) is 0.920. The Hall–Kier alpha value is -0.470. The van der Waals surface area contributed by atoms with Gasteiger partial charge in [-0.05, 0) is 12.2 Å². The number of allylic oxidation sites excluding steroid dienone is 2. The van der Waals surface area contributed by atoms with E-state index < -0.39 is 23.9 Å². The van der Waals surface area contributed by atoms with Gasteiger partial charge in [0.05, 0.1) is 5.03 Å². The largest absolute Gasteiger partial charge is 0.369 e. The van der Waals surface area contributed by atoms with Crippen LogP contribution >= 0.6 is 11.8 Å². The fourth-order valence-electron chi connectivity index (χ4n) is 1.34. The van der Waals surface area contributed by atoms with Crippen molar-refractivity contribution in [1.82, 2.24) is 4.90 Å². The fourth-order valence-corrected chi connectivity index (χ4v) is 5.22. The van der Waals surface area contributed by atoms with Gasteiger partial charge in [-0.15, -0.1) is 11.8 Å². The summed E-state index contributed by atoms with van der Waals surface area (Å²) < 4.78 is 44.9. The summed E-state index contributed by atoms with van der Waals surface area (Å²) >= 11 is 1.57. The van der Waals surface area contributed by atoms with Gasteiger partial charge in [0, 0.05) is 31.9 Å². The first-order valence-corrected chi connectivity index (χ1v) is 9.55. The van der Waals surface area contributed by atoms with Crippen LogP contribution in [0.2, 0.25) is 0 Å². The Morgan fingerprint density at radius 3 is 2.12 bits per heavy atom. The van der Waals surface area contributed by atoms with E-state index in [0.717, 1.165) is 35.9 Å². The summed E-state index contributed by atoms with van der Waals surface area (Å²) in [6.07, 6.45) is 4.48. The zero-order chi connectivity index (χ0) is 13.3. The second kappa shape index (κ2) is 5.03. The maximum Gasteiger partial charge on any atom is 0.186 e. The molecule has 0 atom stereocenters. The molecule has 1 heterocycles. The molecule has 0 saturated carbocycles. The number of sulfone groups is 2. The molecule has 98 valence electrons. The smallest absolute Gasteiger partial charge is 0.186 e. The number of rotatable bonds is 3. The molecule has 1 rings (SSSR count). The summed E-state index contributed by atoms with van der Waals surface area (Å²) in [5.41, 5.74) is 0. The molecule has 0 unspecified atom stereocenters. The molecular formula is C9H15NO4S3. The molecule has 1 aliphatic rings. The first-order valence-electron chi connectivity index (χ1n) is 4.78. The normalized spacial score (nSPS) is 19.7. The van der Waals surface area contributed by atoms with Crippen LogP contribution in [0.25, 0.3) is 0 Å². The SMILES string of the molecule is CN1CCSC1=CC=C(S(C)(=O)=O)S(C)(=O)=O. The van der Waals surface area contributed by atoms with Gasteiger partial charge >= 0.3 is 0 Å². The lowest BCUT2D eigenvalue weighted by atomic mass is 10.5. The monoisotopic (exact) mass is 297 g/mol.